The van der Waals surface area contributed by atoms with E-state index in [0.717, 1.165) is 39.0 Å². The molecular formula is C62H44O3. The van der Waals surface area contributed by atoms with Gasteiger partial charge in [-0.15, -0.1) is 0 Å². The summed E-state index contributed by atoms with van der Waals surface area (Å²) in [6.45, 7) is 2.16. The summed E-state index contributed by atoms with van der Waals surface area (Å²) in [6.07, 6.45) is 0. The zero-order valence-corrected chi connectivity index (χ0v) is 36.1. The van der Waals surface area contributed by atoms with Crippen LogP contribution in [-0.4, -0.2) is 12.2 Å². The molecule has 0 spiro atoms. The standard InChI is InChI=1S/C62H44O3/c1-40-16-17-44-37-50(23-18-43(44)36-40)61(58-35-22-41-10-6-8-14-55(41)59(58)57-34-21-42-11-7-9-15-56(42)60(57)61)51-24-19-46-39-54(29-20-45(46)38-51)65-53-32-27-49(28-33-53)62(63,47-12-4-3-5-13-47)48-25-30-52(64-2)31-26-48/h3-39,63H,1-2H3. The summed E-state index contributed by atoms with van der Waals surface area (Å²) in [5.41, 5.74) is 9.17. The van der Waals surface area contributed by atoms with Crippen molar-refractivity contribution >= 4 is 43.1 Å². The minimum atomic E-state index is -1.38. The summed E-state index contributed by atoms with van der Waals surface area (Å²) in [7, 11) is 1.64. The number of aliphatic hydroxyl groups is 1. The Balaban J connectivity index is 0.981. The average molecular weight is 837 g/mol. The highest BCUT2D eigenvalue weighted by molar-refractivity contribution is 6.09. The predicted molar refractivity (Wildman–Crippen MR) is 267 cm³/mol. The highest BCUT2D eigenvalue weighted by Crippen LogP contribution is 2.60. The molecule has 3 nitrogen and oxygen atoms in total. The lowest BCUT2D eigenvalue weighted by Crippen LogP contribution is -2.29. The maximum atomic E-state index is 12.5. The first-order valence-corrected chi connectivity index (χ1v) is 22.2. The van der Waals surface area contributed by atoms with Crippen molar-refractivity contribution in [3.63, 3.8) is 0 Å². The molecule has 0 amide bonds. The summed E-state index contributed by atoms with van der Waals surface area (Å²) in [4.78, 5) is 0. The van der Waals surface area contributed by atoms with Crippen LogP contribution >= 0.6 is 0 Å². The number of hydrogen-bond acceptors (Lipinski definition) is 3. The largest absolute Gasteiger partial charge is 0.497 e. The Labute approximate surface area is 378 Å². The Kier molecular flexibility index (Phi) is 8.98. The number of aryl methyl sites for hydroxylation is 1. The first-order valence-electron chi connectivity index (χ1n) is 22.2. The summed E-state index contributed by atoms with van der Waals surface area (Å²) >= 11 is 0. The number of benzene rings is 11. The van der Waals surface area contributed by atoms with Crippen molar-refractivity contribution < 1.29 is 14.6 Å². The van der Waals surface area contributed by atoms with E-state index in [-0.39, 0.29) is 0 Å². The van der Waals surface area contributed by atoms with E-state index in [2.05, 4.69) is 153 Å². The second kappa shape index (κ2) is 15.1. The summed E-state index contributed by atoms with van der Waals surface area (Å²) in [6, 6.07) is 79.3. The molecule has 12 rings (SSSR count). The lowest BCUT2D eigenvalue weighted by molar-refractivity contribution is 0.125. The van der Waals surface area contributed by atoms with Crippen LogP contribution in [0.15, 0.2) is 224 Å². The quantitative estimate of drug-likeness (QED) is 0.155. The fourth-order valence-electron chi connectivity index (χ4n) is 10.7. The van der Waals surface area contributed by atoms with Gasteiger partial charge < -0.3 is 14.6 Å². The smallest absolute Gasteiger partial charge is 0.140 e. The Morgan fingerprint density at radius 3 is 1.62 bits per heavy atom. The average Bonchev–Trinajstić information content (AvgIpc) is 3.68. The van der Waals surface area contributed by atoms with Gasteiger partial charge >= 0.3 is 0 Å². The van der Waals surface area contributed by atoms with Crippen LogP contribution < -0.4 is 9.47 Å². The fourth-order valence-corrected chi connectivity index (χ4v) is 10.7. The van der Waals surface area contributed by atoms with Crippen LogP contribution in [0.4, 0.5) is 0 Å². The molecule has 11 aromatic carbocycles. The van der Waals surface area contributed by atoms with Gasteiger partial charge in [-0.1, -0.05) is 181 Å². The molecule has 0 bridgehead atoms. The number of fused-ring (bicyclic) bond motifs is 9. The van der Waals surface area contributed by atoms with Crippen LogP contribution in [0.2, 0.25) is 0 Å². The van der Waals surface area contributed by atoms with Crippen molar-refractivity contribution in [2.24, 2.45) is 0 Å². The lowest BCUT2D eigenvalue weighted by Gasteiger charge is -2.35. The van der Waals surface area contributed by atoms with Gasteiger partial charge in [-0.3, -0.25) is 0 Å². The Morgan fingerprint density at radius 1 is 0.415 bits per heavy atom. The zero-order chi connectivity index (χ0) is 43.7. The minimum absolute atomic E-state index is 0.618. The number of rotatable bonds is 8. The monoisotopic (exact) mass is 836 g/mol. The molecule has 0 aliphatic heterocycles. The van der Waals surface area contributed by atoms with E-state index >= 15 is 0 Å². The Hall–Kier alpha value is -7.98. The van der Waals surface area contributed by atoms with E-state index in [4.69, 9.17) is 9.47 Å². The van der Waals surface area contributed by atoms with Gasteiger partial charge in [0.1, 0.15) is 22.8 Å². The van der Waals surface area contributed by atoms with Gasteiger partial charge in [0.25, 0.3) is 0 Å². The first-order chi connectivity index (χ1) is 31.9. The molecule has 65 heavy (non-hydrogen) atoms. The van der Waals surface area contributed by atoms with E-state index in [1.807, 2.05) is 78.9 Å². The Bertz CT molecular complexity index is 3630. The highest BCUT2D eigenvalue weighted by Gasteiger charge is 2.48. The molecule has 0 fully saturated rings. The number of hydrogen-bond donors (Lipinski definition) is 1. The third-order valence-corrected chi connectivity index (χ3v) is 13.8. The molecule has 1 aliphatic carbocycles. The molecule has 0 heterocycles. The van der Waals surface area contributed by atoms with Crippen LogP contribution in [0.25, 0.3) is 54.2 Å². The van der Waals surface area contributed by atoms with Crippen LogP contribution in [-0.2, 0) is 11.0 Å². The molecule has 2 atom stereocenters. The molecular weight excluding hydrogens is 793 g/mol. The second-order valence-electron chi connectivity index (χ2n) is 17.4. The van der Waals surface area contributed by atoms with Crippen molar-refractivity contribution in [3.05, 3.63) is 269 Å². The van der Waals surface area contributed by atoms with Crippen molar-refractivity contribution in [2.45, 2.75) is 17.9 Å². The van der Waals surface area contributed by atoms with Gasteiger partial charge in [0.15, 0.2) is 0 Å². The van der Waals surface area contributed by atoms with E-state index < -0.39 is 11.0 Å². The fraction of sp³-hybridized carbons (Fsp3) is 0.0645. The van der Waals surface area contributed by atoms with E-state index in [0.29, 0.717) is 5.75 Å². The third kappa shape index (κ3) is 6.08. The highest BCUT2D eigenvalue weighted by atomic mass is 16.5. The van der Waals surface area contributed by atoms with E-state index in [9.17, 15) is 5.11 Å². The SMILES string of the molecule is COc1ccc(C(O)(c2ccccc2)c2ccc(Oc3ccc4cc(C5(c6ccc7cc(C)ccc7c6)c6ccc7ccccc7c6-c6ccc7ccccc7c65)ccc4c3)cc2)cc1. The van der Waals surface area contributed by atoms with E-state index in [1.54, 1.807) is 7.11 Å². The Morgan fingerprint density at radius 2 is 0.923 bits per heavy atom. The molecule has 310 valence electrons. The van der Waals surface area contributed by atoms with Gasteiger partial charge in [0.05, 0.1) is 12.5 Å². The van der Waals surface area contributed by atoms with Crippen LogP contribution in [0.3, 0.4) is 0 Å². The zero-order valence-electron chi connectivity index (χ0n) is 36.1. The molecule has 1 N–H and O–H groups in total. The summed E-state index contributed by atoms with van der Waals surface area (Å²) in [5, 5.41) is 22.1. The normalized spacial score (nSPS) is 15.2. The number of methoxy groups -OCH3 is 1. The topological polar surface area (TPSA) is 38.7 Å². The van der Waals surface area contributed by atoms with Crippen molar-refractivity contribution in [1.29, 1.82) is 0 Å². The molecule has 0 saturated heterocycles. The molecule has 11 aromatic rings. The number of ether oxygens (including phenoxy) is 2. The lowest BCUT2D eigenvalue weighted by atomic mass is 9.66. The van der Waals surface area contributed by atoms with Crippen LogP contribution in [0, 0.1) is 6.92 Å². The van der Waals surface area contributed by atoms with E-state index in [1.165, 1.54) is 71.3 Å². The van der Waals surface area contributed by atoms with Gasteiger partial charge in [0, 0.05) is 0 Å². The minimum Gasteiger partial charge on any atom is -0.497 e. The molecule has 0 radical (unpaired) electrons. The van der Waals surface area contributed by atoms with Gasteiger partial charge in [-0.05, 0) is 149 Å². The molecule has 3 heteroatoms. The maximum absolute atomic E-state index is 12.5. The molecule has 0 aromatic heterocycles. The second-order valence-corrected chi connectivity index (χ2v) is 17.4. The van der Waals surface area contributed by atoms with Crippen molar-refractivity contribution in [1.82, 2.24) is 0 Å². The van der Waals surface area contributed by atoms with Crippen molar-refractivity contribution in [2.75, 3.05) is 7.11 Å². The third-order valence-electron chi connectivity index (χ3n) is 13.8. The van der Waals surface area contributed by atoms with Crippen LogP contribution in [0.1, 0.15) is 44.5 Å². The maximum Gasteiger partial charge on any atom is 0.140 e. The summed E-state index contributed by atoms with van der Waals surface area (Å²) < 4.78 is 12.0. The predicted octanol–water partition coefficient (Wildman–Crippen LogP) is 15.1. The van der Waals surface area contributed by atoms with Gasteiger partial charge in [-0.2, -0.15) is 0 Å². The molecule has 2 unspecified atom stereocenters. The summed E-state index contributed by atoms with van der Waals surface area (Å²) in [5.74, 6) is 2.15. The first kappa shape index (κ1) is 38.7. The molecule has 0 saturated carbocycles. The molecule has 1 aliphatic rings. The van der Waals surface area contributed by atoms with Gasteiger partial charge in [0.2, 0.25) is 0 Å². The van der Waals surface area contributed by atoms with Crippen LogP contribution in [0.5, 0.6) is 17.2 Å². The van der Waals surface area contributed by atoms with Gasteiger partial charge in [-0.25, -0.2) is 0 Å². The van der Waals surface area contributed by atoms with Crippen molar-refractivity contribution in [3.8, 4) is 28.4 Å².